The number of hydrogen-bond donors (Lipinski definition) is 1. The van der Waals surface area contributed by atoms with Crippen LogP contribution in [-0.4, -0.2) is 31.5 Å². The van der Waals surface area contributed by atoms with Crippen molar-refractivity contribution in [2.24, 2.45) is 17.6 Å². The van der Waals surface area contributed by atoms with Crippen LogP contribution in [0.25, 0.3) is 0 Å². The molecule has 0 spiro atoms. The maximum atomic E-state index is 6.40. The summed E-state index contributed by atoms with van der Waals surface area (Å²) in [6, 6.07) is 0.351. The Kier molecular flexibility index (Phi) is 2.71. The monoisotopic (exact) mass is 211 g/mol. The van der Waals surface area contributed by atoms with Gasteiger partial charge < -0.3 is 15.2 Å². The third-order valence-electron chi connectivity index (χ3n) is 4.46. The molecule has 3 heteroatoms. The van der Waals surface area contributed by atoms with Crippen molar-refractivity contribution in [1.29, 1.82) is 0 Å². The first-order valence-corrected chi connectivity index (χ1v) is 6.33. The third-order valence-corrected chi connectivity index (χ3v) is 4.46. The minimum Gasteiger partial charge on any atom is -0.381 e. The number of ether oxygens (including phenoxy) is 2. The van der Waals surface area contributed by atoms with E-state index in [0.29, 0.717) is 30.1 Å². The van der Waals surface area contributed by atoms with E-state index in [-0.39, 0.29) is 0 Å². The summed E-state index contributed by atoms with van der Waals surface area (Å²) in [5.41, 5.74) is 6.40. The molecule has 4 unspecified atom stereocenters. The van der Waals surface area contributed by atoms with Crippen LogP contribution in [0.1, 0.15) is 32.1 Å². The zero-order valence-electron chi connectivity index (χ0n) is 9.23. The molecule has 0 radical (unpaired) electrons. The van der Waals surface area contributed by atoms with Crippen LogP contribution in [0.3, 0.4) is 0 Å². The van der Waals surface area contributed by atoms with Gasteiger partial charge in [0.15, 0.2) is 0 Å². The molecule has 3 nitrogen and oxygen atoms in total. The van der Waals surface area contributed by atoms with E-state index < -0.39 is 0 Å². The number of hydrogen-bond acceptors (Lipinski definition) is 3. The molecule has 2 N–H and O–H groups in total. The van der Waals surface area contributed by atoms with E-state index in [4.69, 9.17) is 15.2 Å². The van der Waals surface area contributed by atoms with Gasteiger partial charge in [0, 0.05) is 25.2 Å². The molecule has 86 valence electrons. The minimum absolute atomic E-state index is 0.351. The smallest absolute Gasteiger partial charge is 0.0623 e. The minimum atomic E-state index is 0.351. The van der Waals surface area contributed by atoms with Gasteiger partial charge in [-0.1, -0.05) is 0 Å². The van der Waals surface area contributed by atoms with Crippen LogP contribution < -0.4 is 5.73 Å². The number of fused-ring (bicyclic) bond motifs is 2. The number of rotatable bonds is 2. The highest BCUT2D eigenvalue weighted by molar-refractivity contribution is 4.96. The van der Waals surface area contributed by atoms with E-state index in [1.807, 2.05) is 0 Å². The second-order valence-electron chi connectivity index (χ2n) is 5.30. The highest BCUT2D eigenvalue weighted by Crippen LogP contribution is 2.42. The van der Waals surface area contributed by atoms with Gasteiger partial charge in [-0.2, -0.15) is 0 Å². The molecule has 3 rings (SSSR count). The quantitative estimate of drug-likeness (QED) is 0.749. The summed E-state index contributed by atoms with van der Waals surface area (Å²) in [6.45, 7) is 1.81. The summed E-state index contributed by atoms with van der Waals surface area (Å²) in [6.07, 6.45) is 7.03. The molecule has 3 heterocycles. The molecule has 0 aromatic rings. The molecule has 0 saturated carbocycles. The lowest BCUT2D eigenvalue weighted by Crippen LogP contribution is -2.44. The van der Waals surface area contributed by atoms with Gasteiger partial charge in [-0.3, -0.25) is 0 Å². The normalized spacial score (nSPS) is 43.4. The first kappa shape index (κ1) is 10.1. The maximum absolute atomic E-state index is 6.40. The maximum Gasteiger partial charge on any atom is 0.0623 e. The Morgan fingerprint density at radius 1 is 1.07 bits per heavy atom. The molecule has 3 fully saturated rings. The van der Waals surface area contributed by atoms with Gasteiger partial charge in [0.25, 0.3) is 0 Å². The van der Waals surface area contributed by atoms with Gasteiger partial charge in [-0.25, -0.2) is 0 Å². The van der Waals surface area contributed by atoms with E-state index in [1.54, 1.807) is 0 Å². The summed E-state index contributed by atoms with van der Waals surface area (Å²) in [5, 5.41) is 0. The fourth-order valence-corrected chi connectivity index (χ4v) is 3.53. The molecular formula is C12H21NO2. The summed E-state index contributed by atoms with van der Waals surface area (Å²) in [4.78, 5) is 0. The zero-order valence-corrected chi connectivity index (χ0v) is 9.23. The Labute approximate surface area is 91.3 Å². The molecule has 3 saturated heterocycles. The average Bonchev–Trinajstić information content (AvgIpc) is 2.91. The van der Waals surface area contributed by atoms with Gasteiger partial charge in [0.1, 0.15) is 0 Å². The van der Waals surface area contributed by atoms with Gasteiger partial charge >= 0.3 is 0 Å². The second-order valence-corrected chi connectivity index (χ2v) is 5.30. The first-order valence-electron chi connectivity index (χ1n) is 6.33. The van der Waals surface area contributed by atoms with Crippen molar-refractivity contribution in [3.05, 3.63) is 0 Å². The first-order chi connectivity index (χ1) is 7.34. The summed E-state index contributed by atoms with van der Waals surface area (Å²) in [7, 11) is 0. The topological polar surface area (TPSA) is 44.5 Å². The van der Waals surface area contributed by atoms with E-state index in [9.17, 15) is 0 Å². The third kappa shape index (κ3) is 1.81. The second kappa shape index (κ2) is 4.04. The van der Waals surface area contributed by atoms with Crippen molar-refractivity contribution in [3.8, 4) is 0 Å². The van der Waals surface area contributed by atoms with Crippen LogP contribution in [-0.2, 0) is 9.47 Å². The predicted octanol–water partition coefficient (Wildman–Crippen LogP) is 1.31. The van der Waals surface area contributed by atoms with E-state index in [1.165, 1.54) is 19.3 Å². The van der Waals surface area contributed by atoms with Crippen molar-refractivity contribution in [2.45, 2.75) is 50.4 Å². The standard InChI is InChI=1S/C12H21NO2/c13-12(8-3-5-14-6-4-8)10-7-9-1-2-11(10)15-9/h8-12H,1-7,13H2. The molecule has 0 aromatic carbocycles. The Hall–Kier alpha value is -0.120. The molecular weight excluding hydrogens is 190 g/mol. The van der Waals surface area contributed by atoms with Crippen LogP contribution >= 0.6 is 0 Å². The fourth-order valence-electron chi connectivity index (χ4n) is 3.53. The van der Waals surface area contributed by atoms with Gasteiger partial charge in [-0.05, 0) is 38.0 Å². The van der Waals surface area contributed by atoms with Crippen LogP contribution in [0.5, 0.6) is 0 Å². The predicted molar refractivity (Wildman–Crippen MR) is 57.5 cm³/mol. The van der Waals surface area contributed by atoms with Crippen LogP contribution in [0, 0.1) is 11.8 Å². The average molecular weight is 211 g/mol. The van der Waals surface area contributed by atoms with Crippen LogP contribution in [0.15, 0.2) is 0 Å². The van der Waals surface area contributed by atoms with Crippen LogP contribution in [0.2, 0.25) is 0 Å². The fraction of sp³-hybridized carbons (Fsp3) is 1.00. The highest BCUT2D eigenvalue weighted by atomic mass is 16.5. The van der Waals surface area contributed by atoms with E-state index >= 15 is 0 Å². The Morgan fingerprint density at radius 2 is 1.87 bits per heavy atom. The van der Waals surface area contributed by atoms with Gasteiger partial charge in [0.05, 0.1) is 12.2 Å². The van der Waals surface area contributed by atoms with Crippen molar-refractivity contribution in [2.75, 3.05) is 13.2 Å². The van der Waals surface area contributed by atoms with Crippen LogP contribution in [0.4, 0.5) is 0 Å². The lowest BCUT2D eigenvalue weighted by atomic mass is 9.77. The number of nitrogens with two attached hydrogens (primary N) is 1. The SMILES string of the molecule is NC(C1CCOCC1)C1CC2CCC1O2. The lowest BCUT2D eigenvalue weighted by Gasteiger charge is -2.34. The summed E-state index contributed by atoms with van der Waals surface area (Å²) >= 11 is 0. The molecule has 15 heavy (non-hydrogen) atoms. The van der Waals surface area contributed by atoms with Crippen molar-refractivity contribution < 1.29 is 9.47 Å². The largest absolute Gasteiger partial charge is 0.381 e. The lowest BCUT2D eigenvalue weighted by molar-refractivity contribution is 0.0392. The van der Waals surface area contributed by atoms with Crippen molar-refractivity contribution in [1.82, 2.24) is 0 Å². The molecule has 0 aliphatic carbocycles. The molecule has 4 atom stereocenters. The van der Waals surface area contributed by atoms with Crippen molar-refractivity contribution in [3.63, 3.8) is 0 Å². The Morgan fingerprint density at radius 3 is 2.47 bits per heavy atom. The molecule has 2 bridgehead atoms. The Balaban J connectivity index is 1.61. The summed E-state index contributed by atoms with van der Waals surface area (Å²) in [5.74, 6) is 1.30. The van der Waals surface area contributed by atoms with E-state index in [2.05, 4.69) is 0 Å². The highest BCUT2D eigenvalue weighted by Gasteiger charge is 2.45. The molecule has 3 aliphatic rings. The zero-order chi connectivity index (χ0) is 10.3. The Bertz CT molecular complexity index is 228. The van der Waals surface area contributed by atoms with Crippen molar-refractivity contribution >= 4 is 0 Å². The summed E-state index contributed by atoms with van der Waals surface area (Å²) < 4.78 is 11.3. The van der Waals surface area contributed by atoms with E-state index in [0.717, 1.165) is 26.1 Å². The molecule has 0 amide bonds. The molecule has 3 aliphatic heterocycles. The molecule has 0 aromatic heterocycles. The van der Waals surface area contributed by atoms with Gasteiger partial charge in [-0.15, -0.1) is 0 Å². The van der Waals surface area contributed by atoms with Gasteiger partial charge in [0.2, 0.25) is 0 Å².